The maximum atomic E-state index is 13.3. The molecule has 0 radical (unpaired) electrons. The maximum Gasteiger partial charge on any atom is 0.274 e. The summed E-state index contributed by atoms with van der Waals surface area (Å²) in [6, 6.07) is 2.41. The van der Waals surface area contributed by atoms with E-state index in [0.29, 0.717) is 26.2 Å². The van der Waals surface area contributed by atoms with Crippen LogP contribution in [0.25, 0.3) is 0 Å². The monoisotopic (exact) mass is 343 g/mol. The lowest BCUT2D eigenvalue weighted by Gasteiger charge is -2.33. The van der Waals surface area contributed by atoms with E-state index in [9.17, 15) is 18.9 Å². The smallest absolute Gasteiger partial charge is 0.274 e. The van der Waals surface area contributed by atoms with E-state index in [1.807, 2.05) is 0 Å². The number of rotatable bonds is 4. The molecule has 5 nitrogen and oxygen atoms in total. The number of nitro benzene ring substituents is 1. The summed E-state index contributed by atoms with van der Waals surface area (Å²) in [5.74, 6) is -0.589. The van der Waals surface area contributed by atoms with Gasteiger partial charge in [0.2, 0.25) is 0 Å². The first-order chi connectivity index (χ1) is 9.13. The summed E-state index contributed by atoms with van der Waals surface area (Å²) < 4.78 is 26.6. The fourth-order valence-electron chi connectivity index (χ4n) is 2.33. The topological polar surface area (TPSA) is 58.4 Å². The Balaban J connectivity index is 0.00000200. The van der Waals surface area contributed by atoms with Gasteiger partial charge in [-0.15, -0.1) is 24.8 Å². The van der Waals surface area contributed by atoms with Gasteiger partial charge in [-0.3, -0.25) is 15.0 Å². The third-order valence-electron chi connectivity index (χ3n) is 3.28. The summed E-state index contributed by atoms with van der Waals surface area (Å²) in [5, 5.41) is 14.1. The number of nitrogens with zero attached hydrogens (tertiary/aromatic N) is 2. The molecule has 9 heteroatoms. The van der Waals surface area contributed by atoms with Crippen LogP contribution in [0.1, 0.15) is 11.6 Å². The fraction of sp³-hybridized carbons (Fsp3) is 0.500. The van der Waals surface area contributed by atoms with E-state index in [2.05, 4.69) is 5.32 Å². The second kappa shape index (κ2) is 9.09. The summed E-state index contributed by atoms with van der Waals surface area (Å²) in [6.45, 7) is 1.79. The number of nitrogens with one attached hydrogen (secondary N) is 1. The Morgan fingerprint density at radius 3 is 2.48 bits per heavy atom. The fourth-order valence-corrected chi connectivity index (χ4v) is 2.33. The summed E-state index contributed by atoms with van der Waals surface area (Å²) >= 11 is 0. The van der Waals surface area contributed by atoms with Crippen LogP contribution in [0.15, 0.2) is 18.2 Å². The van der Waals surface area contributed by atoms with Gasteiger partial charge in [-0.25, -0.2) is 8.78 Å². The molecule has 0 spiro atoms. The third-order valence-corrected chi connectivity index (χ3v) is 3.28. The van der Waals surface area contributed by atoms with Crippen LogP contribution in [-0.2, 0) is 0 Å². The molecule has 120 valence electrons. The molecule has 1 heterocycles. The van der Waals surface area contributed by atoms with Crippen molar-refractivity contribution in [3.05, 3.63) is 39.7 Å². The Hall–Kier alpha value is -1.02. The molecule has 1 aliphatic heterocycles. The summed E-state index contributed by atoms with van der Waals surface area (Å²) in [7, 11) is 0. The van der Waals surface area contributed by atoms with Crippen molar-refractivity contribution in [3.8, 4) is 0 Å². The molecule has 2 rings (SSSR count). The van der Waals surface area contributed by atoms with Gasteiger partial charge in [0.1, 0.15) is 12.5 Å². The second-order valence-corrected chi connectivity index (χ2v) is 4.42. The van der Waals surface area contributed by atoms with Crippen molar-refractivity contribution in [2.45, 2.75) is 6.04 Å². The minimum absolute atomic E-state index is 0. The van der Waals surface area contributed by atoms with Gasteiger partial charge in [-0.2, -0.15) is 0 Å². The molecule has 0 unspecified atom stereocenters. The summed E-state index contributed by atoms with van der Waals surface area (Å²) in [5.41, 5.74) is -0.128. The van der Waals surface area contributed by atoms with Crippen molar-refractivity contribution in [3.63, 3.8) is 0 Å². The quantitative estimate of drug-likeness (QED) is 0.674. The standard InChI is InChI=1S/C12H15F2N3O2.2ClH/c13-8-12(16-5-3-15-4-6-16)10-7-9(14)1-2-11(10)17(18)19;;/h1-2,7,12,15H,3-6,8H2;2*1H/t12-;;/m1../s1. The van der Waals surface area contributed by atoms with Crippen molar-refractivity contribution in [1.82, 2.24) is 10.2 Å². The average molecular weight is 344 g/mol. The zero-order valence-corrected chi connectivity index (χ0v) is 12.8. The van der Waals surface area contributed by atoms with Gasteiger partial charge in [0.15, 0.2) is 0 Å². The lowest BCUT2D eigenvalue weighted by atomic mass is 10.0. The SMILES string of the molecule is Cl.Cl.O=[N+]([O-])c1ccc(F)cc1[C@@H](CF)N1CCNCC1. The van der Waals surface area contributed by atoms with Crippen molar-refractivity contribution >= 4 is 30.5 Å². The first-order valence-corrected chi connectivity index (χ1v) is 6.08. The van der Waals surface area contributed by atoms with Crippen molar-refractivity contribution in [1.29, 1.82) is 0 Å². The highest BCUT2D eigenvalue weighted by Gasteiger charge is 2.28. The van der Waals surface area contributed by atoms with Gasteiger partial charge >= 0.3 is 0 Å². The molecule has 1 fully saturated rings. The Bertz CT molecular complexity index is 474. The van der Waals surface area contributed by atoms with Crippen molar-refractivity contribution < 1.29 is 13.7 Å². The lowest BCUT2D eigenvalue weighted by molar-refractivity contribution is -0.386. The van der Waals surface area contributed by atoms with E-state index in [0.717, 1.165) is 18.2 Å². The molecule has 1 N–H and O–H groups in total. The van der Waals surface area contributed by atoms with Crippen LogP contribution in [0.5, 0.6) is 0 Å². The average Bonchev–Trinajstić information content (AvgIpc) is 2.40. The van der Waals surface area contributed by atoms with Crippen LogP contribution in [0.4, 0.5) is 14.5 Å². The maximum absolute atomic E-state index is 13.3. The van der Waals surface area contributed by atoms with E-state index in [1.54, 1.807) is 4.90 Å². The molecule has 1 saturated heterocycles. The molecule has 0 aromatic heterocycles. The van der Waals surface area contributed by atoms with Gasteiger partial charge in [-0.05, 0) is 12.1 Å². The lowest BCUT2D eigenvalue weighted by Crippen LogP contribution is -2.45. The van der Waals surface area contributed by atoms with Crippen LogP contribution in [-0.4, -0.2) is 42.7 Å². The summed E-state index contributed by atoms with van der Waals surface area (Å²) in [4.78, 5) is 12.2. The van der Waals surface area contributed by atoms with E-state index in [4.69, 9.17) is 0 Å². The van der Waals surface area contributed by atoms with Gasteiger partial charge in [0.25, 0.3) is 5.69 Å². The van der Waals surface area contributed by atoms with Crippen molar-refractivity contribution in [2.75, 3.05) is 32.9 Å². The first-order valence-electron chi connectivity index (χ1n) is 6.08. The Morgan fingerprint density at radius 1 is 1.33 bits per heavy atom. The number of benzene rings is 1. The predicted molar refractivity (Wildman–Crippen MR) is 80.7 cm³/mol. The molecule has 1 aliphatic rings. The molecule has 1 aromatic rings. The normalized spacial score (nSPS) is 16.5. The molecule has 1 atom stereocenters. The third kappa shape index (κ3) is 4.74. The molecule has 0 aliphatic carbocycles. The van der Waals surface area contributed by atoms with Crippen LogP contribution in [0.2, 0.25) is 0 Å². The predicted octanol–water partition coefficient (Wildman–Crippen LogP) is 2.49. The Morgan fingerprint density at radius 2 is 1.95 bits per heavy atom. The zero-order chi connectivity index (χ0) is 13.8. The summed E-state index contributed by atoms with van der Waals surface area (Å²) in [6.07, 6.45) is 0. The van der Waals surface area contributed by atoms with Gasteiger partial charge in [0.05, 0.1) is 16.5 Å². The van der Waals surface area contributed by atoms with Crippen LogP contribution in [0, 0.1) is 15.9 Å². The van der Waals surface area contributed by atoms with Gasteiger partial charge < -0.3 is 5.32 Å². The second-order valence-electron chi connectivity index (χ2n) is 4.42. The molecule has 0 bridgehead atoms. The highest BCUT2D eigenvalue weighted by molar-refractivity contribution is 5.85. The van der Waals surface area contributed by atoms with Crippen LogP contribution >= 0.6 is 24.8 Å². The van der Waals surface area contributed by atoms with E-state index < -0.39 is 23.5 Å². The number of alkyl halides is 1. The highest BCUT2D eigenvalue weighted by atomic mass is 35.5. The van der Waals surface area contributed by atoms with Crippen LogP contribution < -0.4 is 5.32 Å². The molecule has 0 saturated carbocycles. The minimum atomic E-state index is -0.774. The zero-order valence-electron chi connectivity index (χ0n) is 11.1. The van der Waals surface area contributed by atoms with Gasteiger partial charge in [-0.1, -0.05) is 0 Å². The molecule has 0 amide bonds. The largest absolute Gasteiger partial charge is 0.314 e. The Kier molecular flexibility index (Phi) is 8.65. The van der Waals surface area contributed by atoms with E-state index in [-0.39, 0.29) is 36.1 Å². The van der Waals surface area contributed by atoms with E-state index >= 15 is 0 Å². The number of hydrogen-bond donors (Lipinski definition) is 1. The first kappa shape index (κ1) is 20.0. The van der Waals surface area contributed by atoms with Gasteiger partial charge in [0, 0.05) is 32.2 Å². The Labute approximate surface area is 133 Å². The van der Waals surface area contributed by atoms with E-state index in [1.165, 1.54) is 0 Å². The number of hydrogen-bond acceptors (Lipinski definition) is 4. The molecule has 21 heavy (non-hydrogen) atoms. The highest BCUT2D eigenvalue weighted by Crippen LogP contribution is 2.30. The van der Waals surface area contributed by atoms with Crippen molar-refractivity contribution in [2.24, 2.45) is 0 Å². The number of piperazine rings is 1. The number of halogens is 4. The molecular weight excluding hydrogens is 327 g/mol. The minimum Gasteiger partial charge on any atom is -0.314 e. The number of nitro groups is 1. The van der Waals surface area contributed by atoms with Crippen LogP contribution in [0.3, 0.4) is 0 Å². The molecular formula is C12H17Cl2F2N3O2. The molecule has 1 aromatic carbocycles.